The van der Waals surface area contributed by atoms with Crippen molar-refractivity contribution >= 4 is 34.7 Å². The number of imide groups is 1. The first-order valence-electron chi connectivity index (χ1n) is 9.62. The van der Waals surface area contributed by atoms with Gasteiger partial charge in [0.2, 0.25) is 5.91 Å². The minimum Gasteiger partial charge on any atom is -0.383 e. The smallest absolute Gasteiger partial charge is 0.263 e. The van der Waals surface area contributed by atoms with Crippen LogP contribution in [0.15, 0.2) is 35.0 Å². The van der Waals surface area contributed by atoms with E-state index in [9.17, 15) is 14.4 Å². The maximum absolute atomic E-state index is 12.9. The standard InChI is InChI=1S/C21H23N3O4S/c1-28-11-10-24-20(26)16-3-2-4-17(19(16)21(24)27)22-6-8-23(9-7-22)18(25)13-15-5-12-29-14-15/h2-5,12,14H,6-11,13H2,1H3. The van der Waals surface area contributed by atoms with Gasteiger partial charge in [-0.2, -0.15) is 11.3 Å². The Morgan fingerprint density at radius 3 is 2.59 bits per heavy atom. The van der Waals surface area contributed by atoms with Gasteiger partial charge in [0.25, 0.3) is 11.8 Å². The second kappa shape index (κ2) is 8.34. The fourth-order valence-corrected chi connectivity index (χ4v) is 4.51. The maximum Gasteiger partial charge on any atom is 0.263 e. The van der Waals surface area contributed by atoms with Crippen molar-refractivity contribution in [2.45, 2.75) is 6.42 Å². The molecule has 0 atom stereocenters. The molecule has 3 amide bonds. The summed E-state index contributed by atoms with van der Waals surface area (Å²) in [6.45, 7) is 3.01. The second-order valence-electron chi connectivity index (χ2n) is 7.13. The summed E-state index contributed by atoms with van der Waals surface area (Å²) in [4.78, 5) is 43.2. The molecule has 29 heavy (non-hydrogen) atoms. The Bertz CT molecular complexity index is 920. The quantitative estimate of drug-likeness (QED) is 0.677. The average Bonchev–Trinajstić information content (AvgIpc) is 3.34. The van der Waals surface area contributed by atoms with Gasteiger partial charge >= 0.3 is 0 Å². The summed E-state index contributed by atoms with van der Waals surface area (Å²) in [5.74, 6) is -0.416. The molecule has 2 aliphatic heterocycles. The lowest BCUT2D eigenvalue weighted by atomic mass is 10.1. The summed E-state index contributed by atoms with van der Waals surface area (Å²) in [5.41, 5.74) is 2.72. The van der Waals surface area contributed by atoms with Crippen LogP contribution in [0.2, 0.25) is 0 Å². The molecule has 0 saturated carbocycles. The van der Waals surface area contributed by atoms with Crippen LogP contribution in [-0.4, -0.2) is 74.0 Å². The van der Waals surface area contributed by atoms with Crippen molar-refractivity contribution in [3.05, 3.63) is 51.7 Å². The third-order valence-corrected chi connectivity index (χ3v) is 6.14. The van der Waals surface area contributed by atoms with E-state index in [-0.39, 0.29) is 24.3 Å². The minimum absolute atomic E-state index is 0.123. The molecular formula is C21H23N3O4S. The molecule has 1 fully saturated rings. The van der Waals surface area contributed by atoms with E-state index in [2.05, 4.69) is 4.90 Å². The van der Waals surface area contributed by atoms with Crippen LogP contribution in [0.4, 0.5) is 5.69 Å². The summed E-state index contributed by atoms with van der Waals surface area (Å²) < 4.78 is 5.02. The topological polar surface area (TPSA) is 70.2 Å². The Morgan fingerprint density at radius 2 is 1.90 bits per heavy atom. The summed E-state index contributed by atoms with van der Waals surface area (Å²) in [6, 6.07) is 7.37. The molecule has 0 unspecified atom stereocenters. The maximum atomic E-state index is 12.9. The van der Waals surface area contributed by atoms with E-state index in [1.54, 1.807) is 24.5 Å². The van der Waals surface area contributed by atoms with Gasteiger partial charge < -0.3 is 14.5 Å². The van der Waals surface area contributed by atoms with Gasteiger partial charge in [-0.25, -0.2) is 0 Å². The molecule has 0 aliphatic carbocycles. The number of anilines is 1. The number of fused-ring (bicyclic) bond motifs is 1. The van der Waals surface area contributed by atoms with Gasteiger partial charge in [0.05, 0.1) is 36.4 Å². The first-order chi connectivity index (χ1) is 14.1. The van der Waals surface area contributed by atoms with E-state index in [0.29, 0.717) is 50.3 Å². The number of thiophene rings is 1. The monoisotopic (exact) mass is 413 g/mol. The number of carbonyl (C=O) groups excluding carboxylic acids is 3. The van der Waals surface area contributed by atoms with Gasteiger partial charge in [0.15, 0.2) is 0 Å². The SMILES string of the molecule is COCCN1C(=O)c2cccc(N3CCN(C(=O)Cc4ccsc4)CC3)c2C1=O. The van der Waals surface area contributed by atoms with Crippen LogP contribution in [0, 0.1) is 0 Å². The van der Waals surface area contributed by atoms with Crippen molar-refractivity contribution in [3.63, 3.8) is 0 Å². The van der Waals surface area contributed by atoms with E-state index in [0.717, 1.165) is 11.3 Å². The highest BCUT2D eigenvalue weighted by Crippen LogP contribution is 2.32. The number of carbonyl (C=O) groups is 3. The zero-order chi connectivity index (χ0) is 20.4. The highest BCUT2D eigenvalue weighted by atomic mass is 32.1. The summed E-state index contributed by atoms with van der Waals surface area (Å²) >= 11 is 1.59. The molecule has 0 bridgehead atoms. The number of nitrogens with zero attached hydrogens (tertiary/aromatic N) is 3. The van der Waals surface area contributed by atoms with Gasteiger partial charge in [-0.3, -0.25) is 19.3 Å². The van der Waals surface area contributed by atoms with E-state index in [4.69, 9.17) is 4.74 Å². The van der Waals surface area contributed by atoms with E-state index in [1.807, 2.05) is 33.9 Å². The van der Waals surface area contributed by atoms with Gasteiger partial charge in [0.1, 0.15) is 0 Å². The Balaban J connectivity index is 1.46. The molecule has 7 nitrogen and oxygen atoms in total. The van der Waals surface area contributed by atoms with Crippen LogP contribution in [-0.2, 0) is 16.0 Å². The summed E-state index contributed by atoms with van der Waals surface area (Å²) in [7, 11) is 1.54. The Morgan fingerprint density at radius 1 is 1.10 bits per heavy atom. The number of hydrogen-bond donors (Lipinski definition) is 0. The van der Waals surface area contributed by atoms with Crippen molar-refractivity contribution in [1.29, 1.82) is 0 Å². The van der Waals surface area contributed by atoms with Crippen LogP contribution >= 0.6 is 11.3 Å². The number of rotatable bonds is 6. The lowest BCUT2D eigenvalue weighted by molar-refractivity contribution is -0.130. The van der Waals surface area contributed by atoms with Crippen molar-refractivity contribution < 1.29 is 19.1 Å². The first kappa shape index (κ1) is 19.6. The largest absolute Gasteiger partial charge is 0.383 e. The van der Waals surface area contributed by atoms with Gasteiger partial charge in [0, 0.05) is 33.3 Å². The Labute approximate surface area is 173 Å². The number of ether oxygens (including phenoxy) is 1. The lowest BCUT2D eigenvalue weighted by Crippen LogP contribution is -2.49. The lowest BCUT2D eigenvalue weighted by Gasteiger charge is -2.36. The highest BCUT2D eigenvalue weighted by Gasteiger charge is 2.38. The number of hydrogen-bond acceptors (Lipinski definition) is 6. The fraction of sp³-hybridized carbons (Fsp3) is 0.381. The highest BCUT2D eigenvalue weighted by molar-refractivity contribution is 7.08. The fourth-order valence-electron chi connectivity index (χ4n) is 3.84. The number of methoxy groups -OCH3 is 1. The molecule has 1 aromatic heterocycles. The molecule has 2 aromatic rings. The van der Waals surface area contributed by atoms with E-state index in [1.165, 1.54) is 4.90 Å². The second-order valence-corrected chi connectivity index (χ2v) is 7.91. The number of piperazine rings is 1. The van der Waals surface area contributed by atoms with Crippen molar-refractivity contribution in [2.75, 3.05) is 51.3 Å². The zero-order valence-corrected chi connectivity index (χ0v) is 17.1. The summed E-state index contributed by atoms with van der Waals surface area (Å²) in [6.07, 6.45) is 0.422. The molecular weight excluding hydrogens is 390 g/mol. The van der Waals surface area contributed by atoms with Crippen molar-refractivity contribution in [2.24, 2.45) is 0 Å². The first-order valence-corrected chi connectivity index (χ1v) is 10.6. The molecule has 3 heterocycles. The molecule has 2 aliphatic rings. The third kappa shape index (κ3) is 3.77. The average molecular weight is 413 g/mol. The molecule has 0 radical (unpaired) electrons. The normalized spacial score (nSPS) is 16.5. The predicted octanol–water partition coefficient (Wildman–Crippen LogP) is 1.88. The van der Waals surface area contributed by atoms with E-state index < -0.39 is 0 Å². The molecule has 1 saturated heterocycles. The molecule has 0 N–H and O–H groups in total. The van der Waals surface area contributed by atoms with Crippen LogP contribution in [0.3, 0.4) is 0 Å². The number of amides is 3. The molecule has 8 heteroatoms. The van der Waals surface area contributed by atoms with Crippen LogP contribution in [0.5, 0.6) is 0 Å². The van der Waals surface area contributed by atoms with Gasteiger partial charge in [-0.05, 0) is 34.5 Å². The molecule has 1 aromatic carbocycles. The Hall–Kier alpha value is -2.71. The van der Waals surface area contributed by atoms with Crippen LogP contribution in [0.25, 0.3) is 0 Å². The van der Waals surface area contributed by atoms with Crippen LogP contribution in [0.1, 0.15) is 26.3 Å². The van der Waals surface area contributed by atoms with Crippen molar-refractivity contribution in [1.82, 2.24) is 9.80 Å². The molecule has 152 valence electrons. The Kier molecular flexibility index (Phi) is 5.64. The minimum atomic E-state index is -0.270. The predicted molar refractivity (Wildman–Crippen MR) is 111 cm³/mol. The zero-order valence-electron chi connectivity index (χ0n) is 16.3. The van der Waals surface area contributed by atoms with Gasteiger partial charge in [-0.15, -0.1) is 0 Å². The molecule has 0 spiro atoms. The summed E-state index contributed by atoms with van der Waals surface area (Å²) in [5, 5.41) is 3.98. The van der Waals surface area contributed by atoms with Crippen molar-refractivity contribution in [3.8, 4) is 0 Å². The van der Waals surface area contributed by atoms with Gasteiger partial charge in [-0.1, -0.05) is 6.07 Å². The van der Waals surface area contributed by atoms with E-state index >= 15 is 0 Å². The number of benzene rings is 1. The van der Waals surface area contributed by atoms with Crippen LogP contribution < -0.4 is 4.90 Å². The third-order valence-electron chi connectivity index (χ3n) is 5.40. The molecule has 4 rings (SSSR count).